The molecule has 8 nitrogen and oxygen atoms in total. The third-order valence-electron chi connectivity index (χ3n) is 8.52. The number of hydrogen-bond acceptors (Lipinski definition) is 6. The van der Waals surface area contributed by atoms with Crippen molar-refractivity contribution in [2.45, 2.75) is 104 Å². The molecule has 0 aromatic heterocycles. The predicted molar refractivity (Wildman–Crippen MR) is 153 cm³/mol. The SMILES string of the molecule is COc1cc(F)c(OC2CCC(C(=O)OC(C)(C)C)CC2)cc1C(=O)NC1C2CCC(C2)C1C(=O)NCC(C)(C)C. The van der Waals surface area contributed by atoms with Gasteiger partial charge in [0.15, 0.2) is 11.6 Å². The first-order valence-electron chi connectivity index (χ1n) is 15.0. The minimum atomic E-state index is -0.618. The third-order valence-corrected chi connectivity index (χ3v) is 8.52. The molecular weight excluding hydrogens is 527 g/mol. The largest absolute Gasteiger partial charge is 0.496 e. The van der Waals surface area contributed by atoms with Crippen molar-refractivity contribution in [3.63, 3.8) is 0 Å². The second kappa shape index (κ2) is 12.2. The van der Waals surface area contributed by atoms with Crippen LogP contribution in [0, 0.1) is 34.9 Å². The Balaban J connectivity index is 1.43. The fourth-order valence-corrected chi connectivity index (χ4v) is 6.53. The van der Waals surface area contributed by atoms with E-state index >= 15 is 4.39 Å². The fourth-order valence-electron chi connectivity index (χ4n) is 6.53. The summed E-state index contributed by atoms with van der Waals surface area (Å²) in [7, 11) is 1.39. The van der Waals surface area contributed by atoms with Crippen LogP contribution in [0.3, 0.4) is 0 Å². The molecule has 1 aromatic carbocycles. The molecule has 0 aliphatic heterocycles. The van der Waals surface area contributed by atoms with Crippen LogP contribution in [0.5, 0.6) is 11.5 Å². The van der Waals surface area contributed by atoms with Gasteiger partial charge in [0.05, 0.1) is 30.6 Å². The highest BCUT2D eigenvalue weighted by atomic mass is 19.1. The Bertz CT molecular complexity index is 1130. The quantitative estimate of drug-likeness (QED) is 0.402. The van der Waals surface area contributed by atoms with Gasteiger partial charge in [-0.25, -0.2) is 4.39 Å². The standard InChI is InChI=1S/C32H47FN2O6/c1-31(2,3)17-34-29(37)26-19-8-9-20(14-19)27(26)35-28(36)22-15-25(23(33)16-24(22)39-7)40-21-12-10-18(11-13-21)30(38)41-32(4,5)6/h15-16,18-21,26-27H,8-14,17H2,1-7H3,(H,34,37)(H,35,36). The second-order valence-corrected chi connectivity index (χ2v) is 14.2. The minimum Gasteiger partial charge on any atom is -0.496 e. The van der Waals surface area contributed by atoms with Gasteiger partial charge in [0.2, 0.25) is 5.91 Å². The maximum Gasteiger partial charge on any atom is 0.309 e. The Kier molecular flexibility index (Phi) is 9.24. The first-order valence-corrected chi connectivity index (χ1v) is 15.0. The number of nitrogens with one attached hydrogen (secondary N) is 2. The second-order valence-electron chi connectivity index (χ2n) is 14.2. The molecule has 3 aliphatic carbocycles. The highest BCUT2D eigenvalue weighted by Crippen LogP contribution is 2.49. The normalized spacial score (nSPS) is 27.7. The van der Waals surface area contributed by atoms with E-state index in [1.54, 1.807) is 0 Å². The van der Waals surface area contributed by atoms with E-state index in [1.165, 1.54) is 19.2 Å². The van der Waals surface area contributed by atoms with E-state index in [9.17, 15) is 14.4 Å². The number of fused-ring (bicyclic) bond motifs is 2. The van der Waals surface area contributed by atoms with Crippen molar-refractivity contribution in [1.29, 1.82) is 0 Å². The van der Waals surface area contributed by atoms with Crippen LogP contribution in [-0.4, -0.2) is 49.2 Å². The molecule has 3 saturated carbocycles. The number of ether oxygens (including phenoxy) is 3. The molecule has 1 aromatic rings. The Morgan fingerprint density at radius 1 is 0.927 bits per heavy atom. The van der Waals surface area contributed by atoms with Crippen LogP contribution in [0.15, 0.2) is 12.1 Å². The molecule has 9 heteroatoms. The van der Waals surface area contributed by atoms with Crippen LogP contribution >= 0.6 is 0 Å². The summed E-state index contributed by atoms with van der Waals surface area (Å²) in [4.78, 5) is 39.2. The molecule has 4 atom stereocenters. The maximum atomic E-state index is 15.0. The molecule has 2 N–H and O–H groups in total. The maximum absolute atomic E-state index is 15.0. The molecule has 41 heavy (non-hydrogen) atoms. The third kappa shape index (κ3) is 7.72. The van der Waals surface area contributed by atoms with Crippen LogP contribution in [-0.2, 0) is 14.3 Å². The lowest BCUT2D eigenvalue weighted by atomic mass is 9.83. The van der Waals surface area contributed by atoms with Crippen LogP contribution in [0.25, 0.3) is 0 Å². The topological polar surface area (TPSA) is 103 Å². The van der Waals surface area contributed by atoms with E-state index in [2.05, 4.69) is 31.4 Å². The van der Waals surface area contributed by atoms with Crippen molar-refractivity contribution in [1.82, 2.24) is 10.6 Å². The van der Waals surface area contributed by atoms with Crippen LogP contribution < -0.4 is 20.1 Å². The van der Waals surface area contributed by atoms with Gasteiger partial charge >= 0.3 is 5.97 Å². The van der Waals surface area contributed by atoms with Crippen LogP contribution in [0.2, 0.25) is 0 Å². The number of esters is 1. The first-order chi connectivity index (χ1) is 19.1. The summed E-state index contributed by atoms with van der Waals surface area (Å²) in [5.41, 5.74) is -0.413. The Hall–Kier alpha value is -2.84. The van der Waals surface area contributed by atoms with Crippen molar-refractivity contribution in [2.24, 2.45) is 29.1 Å². The number of methoxy groups -OCH3 is 1. The lowest BCUT2D eigenvalue weighted by Gasteiger charge is -2.32. The summed E-state index contributed by atoms with van der Waals surface area (Å²) in [5.74, 6) is -1.19. The molecule has 0 spiro atoms. The highest BCUT2D eigenvalue weighted by Gasteiger charge is 2.51. The van der Waals surface area contributed by atoms with Gasteiger partial charge in [0.1, 0.15) is 11.4 Å². The van der Waals surface area contributed by atoms with E-state index < -0.39 is 17.3 Å². The summed E-state index contributed by atoms with van der Waals surface area (Å²) in [6.07, 6.45) is 4.92. The van der Waals surface area contributed by atoms with Crippen molar-refractivity contribution < 1.29 is 33.0 Å². The Morgan fingerprint density at radius 3 is 2.20 bits per heavy atom. The number of carbonyl (C=O) groups excluding carboxylic acids is 3. The molecule has 4 rings (SSSR count). The Morgan fingerprint density at radius 2 is 1.59 bits per heavy atom. The van der Waals surface area contributed by atoms with Crippen molar-refractivity contribution in [3.05, 3.63) is 23.5 Å². The predicted octanol–water partition coefficient (Wildman–Crippen LogP) is 5.42. The zero-order valence-corrected chi connectivity index (χ0v) is 25.6. The van der Waals surface area contributed by atoms with Crippen LogP contribution in [0.4, 0.5) is 4.39 Å². The average Bonchev–Trinajstić information content (AvgIpc) is 3.49. The minimum absolute atomic E-state index is 0.0190. The molecule has 4 unspecified atom stereocenters. The summed E-state index contributed by atoms with van der Waals surface area (Å²) < 4.78 is 31.9. The summed E-state index contributed by atoms with van der Waals surface area (Å²) in [6, 6.07) is 2.28. The molecule has 3 aliphatic rings. The van der Waals surface area contributed by atoms with Gasteiger partial charge < -0.3 is 24.8 Å². The zero-order chi connectivity index (χ0) is 30.1. The molecule has 228 valence electrons. The molecule has 0 saturated heterocycles. The smallest absolute Gasteiger partial charge is 0.309 e. The van der Waals surface area contributed by atoms with Gasteiger partial charge in [0, 0.05) is 18.7 Å². The fraction of sp³-hybridized carbons (Fsp3) is 0.719. The monoisotopic (exact) mass is 574 g/mol. The zero-order valence-electron chi connectivity index (χ0n) is 25.6. The van der Waals surface area contributed by atoms with E-state index in [0.29, 0.717) is 32.2 Å². The molecular formula is C32H47FN2O6. The van der Waals surface area contributed by atoms with Gasteiger partial charge in [-0.15, -0.1) is 0 Å². The Labute approximate surface area is 243 Å². The van der Waals surface area contributed by atoms with E-state index in [1.807, 2.05) is 20.8 Å². The van der Waals surface area contributed by atoms with Crippen molar-refractivity contribution in [2.75, 3.05) is 13.7 Å². The summed E-state index contributed by atoms with van der Waals surface area (Å²) in [6.45, 7) is 12.3. The van der Waals surface area contributed by atoms with Gasteiger partial charge in [-0.2, -0.15) is 0 Å². The number of halogens is 1. The summed E-state index contributed by atoms with van der Waals surface area (Å²) in [5, 5.41) is 6.19. The lowest BCUT2D eigenvalue weighted by molar-refractivity contribution is -0.161. The van der Waals surface area contributed by atoms with E-state index in [0.717, 1.165) is 19.3 Å². The molecule has 0 heterocycles. The molecule has 0 radical (unpaired) electrons. The summed E-state index contributed by atoms with van der Waals surface area (Å²) >= 11 is 0. The lowest BCUT2D eigenvalue weighted by Crippen LogP contribution is -2.50. The number of carbonyl (C=O) groups is 3. The molecule has 3 fully saturated rings. The van der Waals surface area contributed by atoms with Crippen molar-refractivity contribution in [3.8, 4) is 11.5 Å². The van der Waals surface area contributed by atoms with Gasteiger partial charge in [-0.05, 0) is 89.0 Å². The van der Waals surface area contributed by atoms with Gasteiger partial charge in [-0.1, -0.05) is 20.8 Å². The van der Waals surface area contributed by atoms with Crippen molar-refractivity contribution >= 4 is 17.8 Å². The number of amides is 2. The van der Waals surface area contributed by atoms with E-state index in [-0.39, 0.29) is 70.2 Å². The van der Waals surface area contributed by atoms with E-state index in [4.69, 9.17) is 14.2 Å². The van der Waals surface area contributed by atoms with Gasteiger partial charge in [0.25, 0.3) is 5.91 Å². The number of benzene rings is 1. The van der Waals surface area contributed by atoms with Gasteiger partial charge in [-0.3, -0.25) is 14.4 Å². The molecule has 2 amide bonds. The number of hydrogen-bond donors (Lipinski definition) is 2. The van der Waals surface area contributed by atoms with Crippen LogP contribution in [0.1, 0.15) is 96.8 Å². The average molecular weight is 575 g/mol. The first kappa shape index (κ1) is 31.1. The molecule has 2 bridgehead atoms. The number of rotatable bonds is 8. The highest BCUT2D eigenvalue weighted by molar-refractivity contribution is 5.98.